The number of aromatic nitrogens is 3. The minimum absolute atomic E-state index is 0.496. The lowest BCUT2D eigenvalue weighted by Gasteiger charge is -2.19. The Labute approximate surface area is 224 Å². The fourth-order valence-corrected chi connectivity index (χ4v) is 5.06. The summed E-state index contributed by atoms with van der Waals surface area (Å²) in [5.41, 5.74) is 7.12. The largest absolute Gasteiger partial charge is 0.361 e. The average molecular weight is 506 g/mol. The lowest BCUT2D eigenvalue weighted by molar-refractivity contribution is 0.284. The van der Waals surface area contributed by atoms with Gasteiger partial charge >= 0.3 is 0 Å². The summed E-state index contributed by atoms with van der Waals surface area (Å²) in [7, 11) is 0. The highest BCUT2D eigenvalue weighted by Crippen LogP contribution is 2.31. The Morgan fingerprint density at radius 3 is 2.76 bits per heavy atom. The predicted molar refractivity (Wildman–Crippen MR) is 155 cm³/mol. The zero-order valence-electron chi connectivity index (χ0n) is 22.0. The minimum atomic E-state index is 0.496. The maximum Gasteiger partial charge on any atom is 0.103 e. The normalized spacial score (nSPS) is 14.5. The molecule has 5 rings (SSSR count). The van der Waals surface area contributed by atoms with Gasteiger partial charge in [0.25, 0.3) is 0 Å². The van der Waals surface area contributed by atoms with Crippen molar-refractivity contribution in [2.24, 2.45) is 0 Å². The van der Waals surface area contributed by atoms with Crippen molar-refractivity contribution in [1.82, 2.24) is 25.2 Å². The highest BCUT2D eigenvalue weighted by Gasteiger charge is 2.12. The summed E-state index contributed by atoms with van der Waals surface area (Å²) in [5, 5.41) is 18.0. The zero-order chi connectivity index (χ0) is 26.2. The van der Waals surface area contributed by atoms with Crippen LogP contribution in [-0.2, 0) is 6.54 Å². The molecule has 0 bridgehead atoms. The van der Waals surface area contributed by atoms with E-state index >= 15 is 0 Å². The summed E-state index contributed by atoms with van der Waals surface area (Å²) in [5.74, 6) is 0. The Kier molecular flexibility index (Phi) is 8.44. The molecule has 1 aliphatic heterocycles. The van der Waals surface area contributed by atoms with Gasteiger partial charge in [0.15, 0.2) is 0 Å². The number of nitriles is 1. The summed E-state index contributed by atoms with van der Waals surface area (Å²) in [6, 6.07) is 14.5. The molecular formula is C31H35N7. The van der Waals surface area contributed by atoms with Crippen LogP contribution in [-0.4, -0.2) is 46.0 Å². The standard InChI is InChI=1S/C31H35N7/c1-23-28-13-14-35-30(28)12-11-29(23)37-31-24(20-34-21-25(31)19-32)9-10-26-7-6-8-27(36-26)22-33-15-18-38-16-4-2-3-5-17-38/h6-14,20-21,33,35H,2-5,15-18,22H2,1H3,(H,34,37)/b10-9+. The molecule has 7 nitrogen and oxygen atoms in total. The van der Waals surface area contributed by atoms with E-state index < -0.39 is 0 Å². The molecule has 0 radical (unpaired) electrons. The van der Waals surface area contributed by atoms with E-state index in [-0.39, 0.29) is 0 Å². The Bertz CT molecular complexity index is 1440. The fraction of sp³-hybridized carbons (Fsp3) is 0.323. The average Bonchev–Trinajstić information content (AvgIpc) is 3.28. The number of fused-ring (bicyclic) bond motifs is 1. The first-order valence-corrected chi connectivity index (χ1v) is 13.5. The molecule has 0 aliphatic carbocycles. The van der Waals surface area contributed by atoms with Gasteiger partial charge in [-0.1, -0.05) is 18.9 Å². The van der Waals surface area contributed by atoms with Gasteiger partial charge in [0.2, 0.25) is 0 Å². The number of anilines is 2. The van der Waals surface area contributed by atoms with Crippen LogP contribution in [0.25, 0.3) is 23.1 Å². The maximum atomic E-state index is 9.77. The van der Waals surface area contributed by atoms with E-state index in [1.54, 1.807) is 12.4 Å². The van der Waals surface area contributed by atoms with E-state index in [0.717, 1.165) is 64.4 Å². The highest BCUT2D eigenvalue weighted by molar-refractivity contribution is 5.90. The number of aryl methyl sites for hydroxylation is 1. The van der Waals surface area contributed by atoms with Gasteiger partial charge in [0.1, 0.15) is 6.07 Å². The van der Waals surface area contributed by atoms with Gasteiger partial charge < -0.3 is 20.5 Å². The van der Waals surface area contributed by atoms with Crippen LogP contribution >= 0.6 is 0 Å². The molecule has 1 fully saturated rings. The molecule has 3 aromatic heterocycles. The van der Waals surface area contributed by atoms with Gasteiger partial charge in [-0.3, -0.25) is 9.97 Å². The molecule has 3 N–H and O–H groups in total. The first-order valence-electron chi connectivity index (χ1n) is 13.5. The third kappa shape index (κ3) is 6.28. The predicted octanol–water partition coefficient (Wildman–Crippen LogP) is 6.02. The molecule has 4 heterocycles. The van der Waals surface area contributed by atoms with Gasteiger partial charge in [0, 0.05) is 60.4 Å². The quantitative estimate of drug-likeness (QED) is 0.241. The molecule has 4 aromatic rings. The maximum absolute atomic E-state index is 9.77. The SMILES string of the molecule is Cc1c(Nc2c(C#N)cncc2/C=C/c2cccc(CNCCN3CCCCCC3)n2)ccc2[nH]ccc12. The van der Waals surface area contributed by atoms with Crippen LogP contribution < -0.4 is 10.6 Å². The van der Waals surface area contributed by atoms with Crippen molar-refractivity contribution in [3.05, 3.63) is 83.1 Å². The molecule has 7 heteroatoms. The Hall–Kier alpha value is -3.99. The van der Waals surface area contributed by atoms with Crippen molar-refractivity contribution >= 4 is 34.4 Å². The lowest BCUT2D eigenvalue weighted by Crippen LogP contribution is -2.32. The first-order chi connectivity index (χ1) is 18.7. The summed E-state index contributed by atoms with van der Waals surface area (Å²) >= 11 is 0. The lowest BCUT2D eigenvalue weighted by atomic mass is 10.1. The van der Waals surface area contributed by atoms with Crippen LogP contribution in [0.4, 0.5) is 11.4 Å². The topological polar surface area (TPSA) is 92.7 Å². The van der Waals surface area contributed by atoms with Crippen molar-refractivity contribution in [2.45, 2.75) is 39.2 Å². The smallest absolute Gasteiger partial charge is 0.103 e. The van der Waals surface area contributed by atoms with E-state index in [9.17, 15) is 5.26 Å². The minimum Gasteiger partial charge on any atom is -0.361 e. The van der Waals surface area contributed by atoms with Crippen LogP contribution in [0.5, 0.6) is 0 Å². The van der Waals surface area contributed by atoms with E-state index in [2.05, 4.69) is 50.6 Å². The fourth-order valence-electron chi connectivity index (χ4n) is 5.06. The van der Waals surface area contributed by atoms with Gasteiger partial charge in [-0.15, -0.1) is 0 Å². The molecule has 1 aliphatic rings. The Morgan fingerprint density at radius 2 is 1.92 bits per heavy atom. The van der Waals surface area contributed by atoms with Crippen molar-refractivity contribution < 1.29 is 0 Å². The van der Waals surface area contributed by atoms with Gasteiger partial charge in [-0.2, -0.15) is 5.26 Å². The molecule has 1 saturated heterocycles. The highest BCUT2D eigenvalue weighted by atomic mass is 15.1. The van der Waals surface area contributed by atoms with Crippen molar-refractivity contribution in [2.75, 3.05) is 31.5 Å². The van der Waals surface area contributed by atoms with E-state index in [0.29, 0.717) is 5.56 Å². The monoisotopic (exact) mass is 505 g/mol. The summed E-state index contributed by atoms with van der Waals surface area (Å²) in [4.78, 5) is 14.9. The molecule has 1 aromatic carbocycles. The molecular weight excluding hydrogens is 470 g/mol. The number of H-pyrrole nitrogens is 1. The van der Waals surface area contributed by atoms with Gasteiger partial charge in [-0.05, 0) is 80.9 Å². The summed E-state index contributed by atoms with van der Waals surface area (Å²) in [6.07, 6.45) is 14.6. The Balaban J connectivity index is 1.27. The van der Waals surface area contributed by atoms with Gasteiger partial charge in [-0.25, -0.2) is 0 Å². The third-order valence-corrected chi connectivity index (χ3v) is 7.23. The molecule has 0 saturated carbocycles. The molecule has 0 amide bonds. The number of nitrogens with zero attached hydrogens (tertiary/aromatic N) is 4. The first kappa shape index (κ1) is 25.7. The van der Waals surface area contributed by atoms with Crippen molar-refractivity contribution in [1.29, 1.82) is 5.26 Å². The van der Waals surface area contributed by atoms with Crippen LogP contribution in [0.3, 0.4) is 0 Å². The molecule has 38 heavy (non-hydrogen) atoms. The van der Waals surface area contributed by atoms with Gasteiger partial charge in [0.05, 0.1) is 22.6 Å². The second kappa shape index (κ2) is 12.5. The number of aromatic amines is 1. The molecule has 0 spiro atoms. The number of benzene rings is 1. The number of hydrogen-bond donors (Lipinski definition) is 3. The number of likely N-dealkylation sites (tertiary alicyclic amines) is 1. The number of pyridine rings is 2. The van der Waals surface area contributed by atoms with Crippen molar-refractivity contribution in [3.63, 3.8) is 0 Å². The zero-order valence-corrected chi connectivity index (χ0v) is 22.0. The van der Waals surface area contributed by atoms with E-state index in [1.807, 2.05) is 42.6 Å². The number of hydrogen-bond acceptors (Lipinski definition) is 6. The third-order valence-electron chi connectivity index (χ3n) is 7.23. The number of rotatable bonds is 9. The summed E-state index contributed by atoms with van der Waals surface area (Å²) in [6.45, 7) is 7.33. The number of nitrogens with one attached hydrogen (secondary N) is 3. The van der Waals surface area contributed by atoms with Crippen LogP contribution in [0.15, 0.2) is 55.0 Å². The van der Waals surface area contributed by atoms with Crippen LogP contribution in [0, 0.1) is 18.3 Å². The van der Waals surface area contributed by atoms with Crippen molar-refractivity contribution in [3.8, 4) is 6.07 Å². The molecule has 0 atom stereocenters. The molecule has 0 unspecified atom stereocenters. The molecule has 194 valence electrons. The van der Waals surface area contributed by atoms with Crippen LogP contribution in [0.1, 0.15) is 53.8 Å². The second-order valence-electron chi connectivity index (χ2n) is 9.88. The van der Waals surface area contributed by atoms with E-state index in [4.69, 9.17) is 4.98 Å². The van der Waals surface area contributed by atoms with E-state index in [1.165, 1.54) is 38.8 Å². The van der Waals surface area contributed by atoms with Crippen LogP contribution in [0.2, 0.25) is 0 Å². The summed E-state index contributed by atoms with van der Waals surface area (Å²) < 4.78 is 0. The second-order valence-corrected chi connectivity index (χ2v) is 9.88. The Morgan fingerprint density at radius 1 is 1.05 bits per heavy atom.